The Hall–Kier alpha value is -0.747. The molecule has 2 aromatic rings. The minimum absolute atomic E-state index is 0. The molecule has 0 saturated carbocycles. The molecule has 0 nitrogen and oxygen atoms in total. The van der Waals surface area contributed by atoms with E-state index in [1.807, 2.05) is 0 Å². The molecule has 4 rings (SSSR count). The Bertz CT molecular complexity index is 862. The Morgan fingerprint density at radius 2 is 1.04 bits per heavy atom. The van der Waals surface area contributed by atoms with Gasteiger partial charge in [0.1, 0.15) is 0 Å². The van der Waals surface area contributed by atoms with Crippen LogP contribution in [0.1, 0.15) is 57.2 Å². The van der Waals surface area contributed by atoms with Crippen molar-refractivity contribution in [2.75, 3.05) is 0 Å². The van der Waals surface area contributed by atoms with Crippen LogP contribution in [-0.2, 0) is 21.3 Å². The predicted octanol–water partition coefficient (Wildman–Crippen LogP) is 0.633. The molecule has 2 aliphatic carbocycles. The molecule has 0 fully saturated rings. The fourth-order valence-electron chi connectivity index (χ4n) is 4.59. The van der Waals surface area contributed by atoms with E-state index in [0.29, 0.717) is 19.1 Å². The summed E-state index contributed by atoms with van der Waals surface area (Å²) in [7, 11) is 0. The molecule has 0 amide bonds. The molecule has 2 aliphatic rings. The third-order valence-corrected chi connectivity index (χ3v) is 12.2. The van der Waals surface area contributed by atoms with Crippen LogP contribution in [0.15, 0.2) is 60.7 Å². The number of benzene rings is 2. The van der Waals surface area contributed by atoms with Crippen molar-refractivity contribution in [3.63, 3.8) is 0 Å². The summed E-state index contributed by atoms with van der Waals surface area (Å²) in [4.78, 5) is 0. The maximum atomic E-state index is 4.89. The largest absolute Gasteiger partial charge is 1.00 e. The van der Waals surface area contributed by atoms with Crippen molar-refractivity contribution in [2.24, 2.45) is 11.8 Å². The molecule has 0 radical (unpaired) electrons. The summed E-state index contributed by atoms with van der Waals surface area (Å²) in [5, 5.41) is 0. The van der Waals surface area contributed by atoms with Gasteiger partial charge in [0, 0.05) is 0 Å². The SMILES string of the molecule is [CH2]=[Zr+2]([CH]1C=C(C(C)C)c2ccccc21)[CH]1C=C(C(C)C)c2ccccc21.[Cl-].[Cl-]. The van der Waals surface area contributed by atoms with E-state index < -0.39 is 21.3 Å². The van der Waals surface area contributed by atoms with Crippen LogP contribution in [0.5, 0.6) is 0 Å². The molecular weight excluding hydrogens is 462 g/mol. The molecule has 2 atom stereocenters. The Labute approximate surface area is 190 Å². The zero-order valence-electron chi connectivity index (χ0n) is 17.0. The van der Waals surface area contributed by atoms with Gasteiger partial charge in [-0.3, -0.25) is 0 Å². The van der Waals surface area contributed by atoms with E-state index in [0.717, 1.165) is 0 Å². The van der Waals surface area contributed by atoms with Crippen LogP contribution in [0.2, 0.25) is 0 Å². The van der Waals surface area contributed by atoms with Crippen molar-refractivity contribution in [1.82, 2.24) is 0 Å². The van der Waals surface area contributed by atoms with Gasteiger partial charge in [-0.15, -0.1) is 0 Å². The standard InChI is InChI=1S/2C12H13.CH2.2ClH.Zr/c2*1-9(2)11-8-7-10-5-3-4-6-12(10)11;;;;/h2*3-9H,1-2H3;1H2;2*1H;/q;;;;;+2/p-2. The van der Waals surface area contributed by atoms with Gasteiger partial charge in [-0.2, -0.15) is 0 Å². The average molecular weight is 491 g/mol. The van der Waals surface area contributed by atoms with Crippen LogP contribution in [0, 0.1) is 11.8 Å². The Balaban J connectivity index is 0.00000140. The van der Waals surface area contributed by atoms with E-state index in [-0.39, 0.29) is 24.8 Å². The van der Waals surface area contributed by atoms with Crippen LogP contribution >= 0.6 is 0 Å². The van der Waals surface area contributed by atoms with E-state index in [1.165, 1.54) is 22.3 Å². The van der Waals surface area contributed by atoms with Gasteiger partial charge in [0.2, 0.25) is 0 Å². The van der Waals surface area contributed by atoms with Crippen molar-refractivity contribution >= 4 is 15.4 Å². The summed E-state index contributed by atoms with van der Waals surface area (Å²) >= 11 is -2.03. The fourth-order valence-corrected chi connectivity index (χ4v) is 10.7. The van der Waals surface area contributed by atoms with Gasteiger partial charge < -0.3 is 24.8 Å². The van der Waals surface area contributed by atoms with E-state index in [2.05, 4.69) is 88.4 Å². The average Bonchev–Trinajstić information content (AvgIpc) is 3.20. The van der Waals surface area contributed by atoms with Crippen LogP contribution in [0.4, 0.5) is 0 Å². The number of hydrogen-bond donors (Lipinski definition) is 0. The zero-order valence-corrected chi connectivity index (χ0v) is 21.0. The van der Waals surface area contributed by atoms with Crippen molar-refractivity contribution in [3.8, 4) is 0 Å². The van der Waals surface area contributed by atoms with Gasteiger partial charge in [-0.25, -0.2) is 0 Å². The topological polar surface area (TPSA) is 0 Å². The van der Waals surface area contributed by atoms with Gasteiger partial charge >= 0.3 is 166 Å². The third-order valence-electron chi connectivity index (χ3n) is 5.95. The summed E-state index contributed by atoms with van der Waals surface area (Å²) in [5.41, 5.74) is 9.12. The minimum atomic E-state index is -2.03. The molecule has 0 bridgehead atoms. The minimum Gasteiger partial charge on any atom is -1.00 e. The molecule has 146 valence electrons. The number of rotatable bonds is 4. The molecule has 28 heavy (non-hydrogen) atoms. The van der Waals surface area contributed by atoms with Gasteiger partial charge in [-0.1, -0.05) is 0 Å². The van der Waals surface area contributed by atoms with Crippen LogP contribution in [0.25, 0.3) is 11.1 Å². The van der Waals surface area contributed by atoms with Gasteiger partial charge in [0.05, 0.1) is 0 Å². The summed E-state index contributed by atoms with van der Waals surface area (Å²) in [6.07, 6.45) is 5.17. The summed E-state index contributed by atoms with van der Waals surface area (Å²) in [6, 6.07) is 18.1. The summed E-state index contributed by atoms with van der Waals surface area (Å²) in [6.45, 7) is 9.27. The van der Waals surface area contributed by atoms with Crippen LogP contribution < -0.4 is 24.8 Å². The number of hydrogen-bond acceptors (Lipinski definition) is 0. The van der Waals surface area contributed by atoms with Crippen molar-refractivity contribution in [3.05, 3.63) is 82.9 Å². The number of halogens is 2. The van der Waals surface area contributed by atoms with Crippen molar-refractivity contribution in [2.45, 2.75) is 34.9 Å². The maximum absolute atomic E-state index is 4.89. The fraction of sp³-hybridized carbons (Fsp3) is 0.320. The Morgan fingerprint density at radius 1 is 0.679 bits per heavy atom. The molecule has 0 aromatic heterocycles. The molecule has 0 aliphatic heterocycles. The normalized spacial score (nSPS) is 19.0. The first kappa shape index (κ1) is 23.5. The maximum Gasteiger partial charge on any atom is -1.00 e. The van der Waals surface area contributed by atoms with Gasteiger partial charge in [-0.05, 0) is 0 Å². The van der Waals surface area contributed by atoms with Crippen LogP contribution in [-0.4, -0.2) is 4.21 Å². The zero-order chi connectivity index (χ0) is 18.4. The Morgan fingerprint density at radius 3 is 1.39 bits per heavy atom. The summed E-state index contributed by atoms with van der Waals surface area (Å²) in [5.74, 6) is 1.16. The van der Waals surface area contributed by atoms with E-state index in [9.17, 15) is 0 Å². The second kappa shape index (κ2) is 9.38. The Kier molecular flexibility index (Phi) is 7.88. The first-order valence-electron chi connectivity index (χ1n) is 9.79. The molecule has 3 heteroatoms. The molecule has 0 saturated heterocycles. The second-order valence-electron chi connectivity index (χ2n) is 8.26. The summed E-state index contributed by atoms with van der Waals surface area (Å²) < 4.78 is 6.07. The quantitative estimate of drug-likeness (QED) is 0.590. The van der Waals surface area contributed by atoms with E-state index >= 15 is 0 Å². The van der Waals surface area contributed by atoms with Gasteiger partial charge in [0.25, 0.3) is 0 Å². The van der Waals surface area contributed by atoms with Crippen molar-refractivity contribution in [1.29, 1.82) is 0 Å². The molecule has 2 aromatic carbocycles. The molecule has 2 unspecified atom stereocenters. The molecular formula is C25H28Cl2Zr. The van der Waals surface area contributed by atoms with E-state index in [4.69, 9.17) is 4.21 Å². The molecule has 0 heterocycles. The van der Waals surface area contributed by atoms with Crippen molar-refractivity contribution < 1.29 is 46.1 Å². The molecule has 0 spiro atoms. The monoisotopic (exact) mass is 488 g/mol. The number of allylic oxidation sites excluding steroid dienone is 4. The van der Waals surface area contributed by atoms with Crippen LogP contribution in [0.3, 0.4) is 0 Å². The van der Waals surface area contributed by atoms with Gasteiger partial charge in [0.15, 0.2) is 0 Å². The predicted molar refractivity (Wildman–Crippen MR) is 111 cm³/mol. The third kappa shape index (κ3) is 3.96. The number of fused-ring (bicyclic) bond motifs is 2. The first-order chi connectivity index (χ1) is 12.5. The first-order valence-corrected chi connectivity index (χ1v) is 14.4. The molecule has 0 N–H and O–H groups in total. The second-order valence-corrected chi connectivity index (χ2v) is 14.1. The van der Waals surface area contributed by atoms with E-state index in [1.54, 1.807) is 11.1 Å². The smallest absolute Gasteiger partial charge is 1.00 e.